The summed E-state index contributed by atoms with van der Waals surface area (Å²) in [6.07, 6.45) is 2.49. The summed E-state index contributed by atoms with van der Waals surface area (Å²) in [5, 5.41) is 0. The second-order valence-electron chi connectivity index (χ2n) is 5.00. The summed E-state index contributed by atoms with van der Waals surface area (Å²) in [5.74, 6) is 0.708. The number of rotatable bonds is 1. The van der Waals surface area contributed by atoms with Crippen molar-refractivity contribution in [2.45, 2.75) is 45.3 Å². The third kappa shape index (κ3) is 3.06. The van der Waals surface area contributed by atoms with E-state index in [1.54, 1.807) is 0 Å². The van der Waals surface area contributed by atoms with Crippen LogP contribution in [0.4, 0.5) is 0 Å². The van der Waals surface area contributed by atoms with Gasteiger partial charge in [-0.25, -0.2) is 8.51 Å². The van der Waals surface area contributed by atoms with Gasteiger partial charge < -0.3 is 0 Å². The molecule has 0 amide bonds. The molecule has 1 saturated heterocycles. The maximum Gasteiger partial charge on any atom is 0.0997 e. The van der Waals surface area contributed by atoms with Crippen LogP contribution in [0.15, 0.2) is 0 Å². The molecule has 0 N–H and O–H groups in total. The molecule has 3 heteroatoms. The largest absolute Gasteiger partial charge is 0.242 e. The minimum absolute atomic E-state index is 0.100. The molecule has 13 heavy (non-hydrogen) atoms. The van der Waals surface area contributed by atoms with E-state index in [0.29, 0.717) is 5.92 Å². The van der Waals surface area contributed by atoms with Crippen LogP contribution >= 0.6 is 0 Å². The van der Waals surface area contributed by atoms with Gasteiger partial charge in [-0.3, -0.25) is 0 Å². The smallest absolute Gasteiger partial charge is 0.0997 e. The van der Waals surface area contributed by atoms with E-state index < -0.39 is 11.0 Å². The summed E-state index contributed by atoms with van der Waals surface area (Å²) in [5.41, 5.74) is 0. The van der Waals surface area contributed by atoms with Gasteiger partial charge in [0.05, 0.1) is 15.7 Å². The van der Waals surface area contributed by atoms with E-state index in [1.807, 2.05) is 20.8 Å². The van der Waals surface area contributed by atoms with Gasteiger partial charge >= 0.3 is 0 Å². The van der Waals surface area contributed by atoms with Crippen LogP contribution < -0.4 is 0 Å². The summed E-state index contributed by atoms with van der Waals surface area (Å²) in [7, 11) is -0.811. The maximum atomic E-state index is 12.0. The fourth-order valence-electron chi connectivity index (χ4n) is 1.68. The molecule has 1 aliphatic heterocycles. The van der Waals surface area contributed by atoms with Crippen LogP contribution in [-0.4, -0.2) is 26.4 Å². The fourth-order valence-corrected chi connectivity index (χ4v) is 3.14. The molecule has 0 aromatic carbocycles. The zero-order valence-electron chi connectivity index (χ0n) is 9.17. The van der Waals surface area contributed by atoms with Crippen LogP contribution in [0.5, 0.6) is 0 Å². The van der Waals surface area contributed by atoms with Gasteiger partial charge in [0.15, 0.2) is 0 Å². The van der Waals surface area contributed by atoms with Crippen molar-refractivity contribution in [1.82, 2.24) is 4.31 Å². The Balaban J connectivity index is 2.56. The standard InChI is InChI=1S/C10H21NOS/c1-9-6-5-7-11(8-9)13(12)10(2,3)4/h9H,5-8H2,1-4H3/t9-,13-/m1/s1. The van der Waals surface area contributed by atoms with Crippen molar-refractivity contribution in [3.63, 3.8) is 0 Å². The van der Waals surface area contributed by atoms with E-state index in [1.165, 1.54) is 12.8 Å². The molecule has 1 aliphatic rings. The summed E-state index contributed by atoms with van der Waals surface area (Å²) in [6.45, 7) is 10.4. The van der Waals surface area contributed by atoms with E-state index in [4.69, 9.17) is 0 Å². The van der Waals surface area contributed by atoms with E-state index in [-0.39, 0.29) is 4.75 Å². The fraction of sp³-hybridized carbons (Fsp3) is 1.00. The summed E-state index contributed by atoms with van der Waals surface area (Å²) < 4.78 is 14.0. The van der Waals surface area contributed by atoms with Gasteiger partial charge in [-0.1, -0.05) is 6.92 Å². The van der Waals surface area contributed by atoms with E-state index in [9.17, 15) is 4.21 Å². The van der Waals surface area contributed by atoms with Crippen molar-refractivity contribution in [2.75, 3.05) is 13.1 Å². The first-order valence-electron chi connectivity index (χ1n) is 5.08. The SMILES string of the molecule is C[C@@H]1CCCN([S@](=O)C(C)(C)C)C1. The molecule has 0 aliphatic carbocycles. The van der Waals surface area contributed by atoms with E-state index >= 15 is 0 Å². The third-order valence-corrected chi connectivity index (χ3v) is 4.23. The van der Waals surface area contributed by atoms with Crippen LogP contribution in [0.25, 0.3) is 0 Å². The first-order chi connectivity index (χ1) is 5.91. The van der Waals surface area contributed by atoms with Crippen molar-refractivity contribution in [3.05, 3.63) is 0 Å². The first kappa shape index (κ1) is 11.2. The minimum atomic E-state index is -0.811. The zero-order valence-corrected chi connectivity index (χ0v) is 9.99. The van der Waals surface area contributed by atoms with Gasteiger partial charge in [0, 0.05) is 13.1 Å². The van der Waals surface area contributed by atoms with Gasteiger partial charge in [0.1, 0.15) is 0 Å². The van der Waals surface area contributed by atoms with Crippen LogP contribution in [0, 0.1) is 5.92 Å². The summed E-state index contributed by atoms with van der Waals surface area (Å²) in [4.78, 5) is 0. The van der Waals surface area contributed by atoms with Crippen molar-refractivity contribution in [1.29, 1.82) is 0 Å². The minimum Gasteiger partial charge on any atom is -0.242 e. The molecule has 1 heterocycles. The molecular weight excluding hydrogens is 182 g/mol. The van der Waals surface area contributed by atoms with Gasteiger partial charge in [-0.2, -0.15) is 0 Å². The Morgan fingerprint density at radius 2 is 2.00 bits per heavy atom. The molecule has 2 atom stereocenters. The molecule has 78 valence electrons. The Morgan fingerprint density at radius 3 is 2.46 bits per heavy atom. The quantitative estimate of drug-likeness (QED) is 0.639. The number of piperidine rings is 1. The topological polar surface area (TPSA) is 20.3 Å². The lowest BCUT2D eigenvalue weighted by molar-refractivity contribution is 0.289. The second-order valence-corrected chi connectivity index (χ2v) is 7.24. The average molecular weight is 203 g/mol. The number of nitrogens with zero attached hydrogens (tertiary/aromatic N) is 1. The van der Waals surface area contributed by atoms with Crippen LogP contribution in [-0.2, 0) is 11.0 Å². The highest BCUT2D eigenvalue weighted by Crippen LogP contribution is 2.22. The van der Waals surface area contributed by atoms with Gasteiger partial charge in [-0.05, 0) is 39.5 Å². The molecule has 2 nitrogen and oxygen atoms in total. The lowest BCUT2D eigenvalue weighted by Gasteiger charge is -2.34. The average Bonchev–Trinajstić information content (AvgIpc) is 2.01. The second kappa shape index (κ2) is 4.09. The van der Waals surface area contributed by atoms with Crippen molar-refractivity contribution in [3.8, 4) is 0 Å². The van der Waals surface area contributed by atoms with Crippen LogP contribution in [0.3, 0.4) is 0 Å². The predicted octanol–water partition coefficient (Wildman–Crippen LogP) is 2.18. The molecule has 0 unspecified atom stereocenters. The predicted molar refractivity (Wildman–Crippen MR) is 57.9 cm³/mol. The van der Waals surface area contributed by atoms with Crippen molar-refractivity contribution < 1.29 is 4.21 Å². The molecule has 0 spiro atoms. The summed E-state index contributed by atoms with van der Waals surface area (Å²) >= 11 is 0. The third-order valence-electron chi connectivity index (χ3n) is 2.38. The lowest BCUT2D eigenvalue weighted by Crippen LogP contribution is -2.42. The molecule has 0 radical (unpaired) electrons. The highest BCUT2D eigenvalue weighted by molar-refractivity contribution is 7.84. The molecule has 0 bridgehead atoms. The Labute approximate surface area is 84.3 Å². The molecule has 1 rings (SSSR count). The van der Waals surface area contributed by atoms with E-state index in [0.717, 1.165) is 13.1 Å². The molecule has 0 aromatic rings. The first-order valence-corrected chi connectivity index (χ1v) is 6.19. The maximum absolute atomic E-state index is 12.0. The molecule has 0 saturated carbocycles. The van der Waals surface area contributed by atoms with Gasteiger partial charge in [0.2, 0.25) is 0 Å². The van der Waals surface area contributed by atoms with Gasteiger partial charge in [-0.15, -0.1) is 0 Å². The lowest BCUT2D eigenvalue weighted by atomic mass is 10.0. The van der Waals surface area contributed by atoms with Crippen molar-refractivity contribution >= 4 is 11.0 Å². The molecular formula is C10H21NOS. The Hall–Kier alpha value is 0.110. The number of hydrogen-bond acceptors (Lipinski definition) is 1. The summed E-state index contributed by atoms with van der Waals surface area (Å²) in [6, 6.07) is 0. The Kier molecular flexibility index (Phi) is 3.52. The Morgan fingerprint density at radius 1 is 1.38 bits per heavy atom. The zero-order chi connectivity index (χ0) is 10.1. The normalized spacial score (nSPS) is 28.8. The van der Waals surface area contributed by atoms with Crippen molar-refractivity contribution in [2.24, 2.45) is 5.92 Å². The molecule has 1 fully saturated rings. The highest BCUT2D eigenvalue weighted by Gasteiger charge is 2.28. The van der Waals surface area contributed by atoms with Gasteiger partial charge in [0.25, 0.3) is 0 Å². The number of hydrogen-bond donors (Lipinski definition) is 0. The van der Waals surface area contributed by atoms with E-state index in [2.05, 4.69) is 11.2 Å². The molecule has 0 aromatic heterocycles. The Bertz CT molecular complexity index is 198. The monoisotopic (exact) mass is 203 g/mol. The van der Waals surface area contributed by atoms with Crippen LogP contribution in [0.1, 0.15) is 40.5 Å². The highest BCUT2D eigenvalue weighted by atomic mass is 32.2. The van der Waals surface area contributed by atoms with Crippen LogP contribution in [0.2, 0.25) is 0 Å².